The summed E-state index contributed by atoms with van der Waals surface area (Å²) in [6, 6.07) is 2.74. The number of aromatic nitrogens is 1. The van der Waals surface area contributed by atoms with Crippen molar-refractivity contribution in [2.24, 2.45) is 0 Å². The van der Waals surface area contributed by atoms with Crippen molar-refractivity contribution < 1.29 is 19.4 Å². The van der Waals surface area contributed by atoms with E-state index in [4.69, 9.17) is 9.84 Å². The molecular weight excluding hydrogens is 236 g/mol. The monoisotopic (exact) mass is 250 g/mol. The molecule has 1 amide bonds. The zero-order chi connectivity index (χ0) is 13.1. The largest absolute Gasteiger partial charge is 0.481 e. The number of methoxy groups -OCH3 is 1. The summed E-state index contributed by atoms with van der Waals surface area (Å²) < 4.78 is 4.93. The van der Waals surface area contributed by atoms with Crippen molar-refractivity contribution >= 4 is 11.9 Å². The van der Waals surface area contributed by atoms with Gasteiger partial charge < -0.3 is 14.7 Å². The molecule has 1 N–H and O–H groups in total. The van der Waals surface area contributed by atoms with Crippen molar-refractivity contribution in [1.29, 1.82) is 0 Å². The van der Waals surface area contributed by atoms with E-state index in [0.29, 0.717) is 18.7 Å². The number of aliphatic carboxylic acids is 1. The first kappa shape index (κ1) is 12.3. The highest BCUT2D eigenvalue weighted by Gasteiger charge is 2.35. The molecular formula is C12H14N2O4. The summed E-state index contributed by atoms with van der Waals surface area (Å²) in [5, 5.41) is 9.03. The van der Waals surface area contributed by atoms with E-state index in [2.05, 4.69) is 4.98 Å². The first-order valence-electron chi connectivity index (χ1n) is 5.63. The quantitative estimate of drug-likeness (QED) is 0.849. The van der Waals surface area contributed by atoms with E-state index < -0.39 is 12.0 Å². The maximum atomic E-state index is 11.6. The van der Waals surface area contributed by atoms with Gasteiger partial charge in [-0.2, -0.15) is 0 Å². The summed E-state index contributed by atoms with van der Waals surface area (Å²) in [5.74, 6) is -0.596. The number of hydrogen-bond acceptors (Lipinski definition) is 4. The molecule has 1 aliphatic rings. The lowest BCUT2D eigenvalue weighted by Crippen LogP contribution is -2.37. The lowest BCUT2D eigenvalue weighted by Gasteiger charge is -2.21. The second kappa shape index (κ2) is 5.03. The van der Waals surface area contributed by atoms with Gasteiger partial charge in [0.05, 0.1) is 7.11 Å². The molecule has 1 fully saturated rings. The summed E-state index contributed by atoms with van der Waals surface area (Å²) in [4.78, 5) is 28.1. The first-order chi connectivity index (χ1) is 8.61. The molecule has 0 spiro atoms. The van der Waals surface area contributed by atoms with Gasteiger partial charge in [-0.1, -0.05) is 6.07 Å². The Labute approximate surface area is 104 Å². The van der Waals surface area contributed by atoms with Gasteiger partial charge in [-0.25, -0.2) is 9.78 Å². The first-order valence-corrected chi connectivity index (χ1v) is 5.63. The number of hydrogen-bond donors (Lipinski definition) is 1. The Hall–Kier alpha value is -2.11. The van der Waals surface area contributed by atoms with Crippen LogP contribution in [0, 0.1) is 0 Å². The summed E-state index contributed by atoms with van der Waals surface area (Å²) in [6.45, 7) is 0.271. The average molecular weight is 250 g/mol. The Balaban J connectivity index is 2.11. The minimum absolute atomic E-state index is 0.127. The molecule has 96 valence electrons. The van der Waals surface area contributed by atoms with Gasteiger partial charge in [-0.15, -0.1) is 0 Å². The Bertz CT molecular complexity index is 458. The maximum absolute atomic E-state index is 11.6. The Morgan fingerprint density at radius 2 is 2.39 bits per heavy atom. The van der Waals surface area contributed by atoms with Crippen molar-refractivity contribution in [3.05, 3.63) is 23.9 Å². The highest BCUT2D eigenvalue weighted by molar-refractivity contribution is 5.87. The van der Waals surface area contributed by atoms with Crippen molar-refractivity contribution in [1.82, 2.24) is 9.88 Å². The molecule has 2 heterocycles. The molecule has 6 heteroatoms. The lowest BCUT2D eigenvalue weighted by molar-refractivity contribution is -0.146. The molecule has 0 bridgehead atoms. The molecule has 1 unspecified atom stereocenters. The van der Waals surface area contributed by atoms with Crippen LogP contribution in [0.5, 0.6) is 5.88 Å². The second-order valence-electron chi connectivity index (χ2n) is 4.12. The fourth-order valence-corrected chi connectivity index (χ4v) is 2.01. The third-order valence-electron chi connectivity index (χ3n) is 2.97. The summed E-state index contributed by atoms with van der Waals surface area (Å²) >= 11 is 0. The Morgan fingerprint density at radius 1 is 1.61 bits per heavy atom. The number of carbonyl (C=O) groups excluding carboxylic acids is 1. The number of carboxylic acid groups (broad SMARTS) is 1. The summed E-state index contributed by atoms with van der Waals surface area (Å²) in [7, 11) is 1.52. The smallest absolute Gasteiger partial charge is 0.326 e. The third kappa shape index (κ3) is 2.42. The molecule has 1 aromatic rings. The fraction of sp³-hybridized carbons (Fsp3) is 0.417. The number of amides is 1. The number of likely N-dealkylation sites (tertiary alicyclic amines) is 1. The van der Waals surface area contributed by atoms with Crippen LogP contribution >= 0.6 is 0 Å². The Kier molecular flexibility index (Phi) is 3.45. The zero-order valence-corrected chi connectivity index (χ0v) is 10.00. The maximum Gasteiger partial charge on any atom is 0.326 e. The number of ether oxygens (including phenoxy) is 1. The van der Waals surface area contributed by atoms with Gasteiger partial charge in [0.15, 0.2) is 0 Å². The Morgan fingerprint density at radius 3 is 2.94 bits per heavy atom. The van der Waals surface area contributed by atoms with Gasteiger partial charge in [-0.05, 0) is 12.0 Å². The van der Waals surface area contributed by atoms with Crippen LogP contribution in [0.1, 0.15) is 18.4 Å². The molecule has 0 radical (unpaired) electrons. The SMILES string of the molecule is COc1ccc(CN2C(=O)CCC2C(=O)O)cn1. The van der Waals surface area contributed by atoms with E-state index in [9.17, 15) is 9.59 Å². The molecule has 0 aromatic carbocycles. The number of carbonyl (C=O) groups is 2. The number of carboxylic acids is 1. The predicted octanol–water partition coefficient (Wildman–Crippen LogP) is 0.666. The molecule has 1 saturated heterocycles. The van der Waals surface area contributed by atoms with Crippen molar-refractivity contribution in [3.8, 4) is 5.88 Å². The van der Waals surface area contributed by atoms with Crippen LogP contribution in [0.2, 0.25) is 0 Å². The molecule has 2 rings (SSSR count). The number of rotatable bonds is 4. The van der Waals surface area contributed by atoms with Gasteiger partial charge in [0.25, 0.3) is 0 Å². The lowest BCUT2D eigenvalue weighted by atomic mass is 10.2. The minimum atomic E-state index is -0.956. The van der Waals surface area contributed by atoms with Gasteiger partial charge in [-0.3, -0.25) is 4.79 Å². The molecule has 1 aromatic heterocycles. The van der Waals surface area contributed by atoms with Gasteiger partial charge in [0.2, 0.25) is 11.8 Å². The van der Waals surface area contributed by atoms with Gasteiger partial charge in [0, 0.05) is 25.2 Å². The van der Waals surface area contributed by atoms with Crippen LogP contribution in [-0.2, 0) is 16.1 Å². The summed E-state index contributed by atoms with van der Waals surface area (Å²) in [5.41, 5.74) is 0.789. The van der Waals surface area contributed by atoms with E-state index in [1.165, 1.54) is 12.0 Å². The van der Waals surface area contributed by atoms with E-state index >= 15 is 0 Å². The number of pyridine rings is 1. The third-order valence-corrected chi connectivity index (χ3v) is 2.97. The van der Waals surface area contributed by atoms with Crippen molar-refractivity contribution in [2.75, 3.05) is 7.11 Å². The van der Waals surface area contributed by atoms with Gasteiger partial charge >= 0.3 is 5.97 Å². The summed E-state index contributed by atoms with van der Waals surface area (Å²) in [6.07, 6.45) is 2.25. The standard InChI is InChI=1S/C12H14N2O4/c1-18-10-4-2-8(6-13-10)7-14-9(12(16)17)3-5-11(14)15/h2,4,6,9H,3,5,7H2,1H3,(H,16,17). The molecule has 18 heavy (non-hydrogen) atoms. The average Bonchev–Trinajstić information content (AvgIpc) is 2.72. The topological polar surface area (TPSA) is 79.7 Å². The van der Waals surface area contributed by atoms with Gasteiger partial charge in [0.1, 0.15) is 6.04 Å². The van der Waals surface area contributed by atoms with Crippen LogP contribution in [0.3, 0.4) is 0 Å². The molecule has 1 aliphatic heterocycles. The normalized spacial score (nSPS) is 19.1. The second-order valence-corrected chi connectivity index (χ2v) is 4.12. The predicted molar refractivity (Wildman–Crippen MR) is 62.0 cm³/mol. The molecule has 0 saturated carbocycles. The minimum Gasteiger partial charge on any atom is -0.481 e. The number of nitrogens with zero attached hydrogens (tertiary/aromatic N) is 2. The van der Waals surface area contributed by atoms with Crippen LogP contribution in [0.25, 0.3) is 0 Å². The zero-order valence-electron chi connectivity index (χ0n) is 10.00. The van der Waals surface area contributed by atoms with Crippen molar-refractivity contribution in [2.45, 2.75) is 25.4 Å². The highest BCUT2D eigenvalue weighted by atomic mass is 16.5. The molecule has 0 aliphatic carbocycles. The highest BCUT2D eigenvalue weighted by Crippen LogP contribution is 2.21. The molecule has 1 atom stereocenters. The van der Waals surface area contributed by atoms with Crippen LogP contribution in [0.15, 0.2) is 18.3 Å². The van der Waals surface area contributed by atoms with E-state index in [0.717, 1.165) is 5.56 Å². The van der Waals surface area contributed by atoms with Crippen molar-refractivity contribution in [3.63, 3.8) is 0 Å². The fourth-order valence-electron chi connectivity index (χ4n) is 2.01. The van der Waals surface area contributed by atoms with E-state index in [-0.39, 0.29) is 12.5 Å². The van der Waals surface area contributed by atoms with Crippen LogP contribution < -0.4 is 4.74 Å². The van der Waals surface area contributed by atoms with E-state index in [1.807, 2.05) is 0 Å². The van der Waals surface area contributed by atoms with Crippen LogP contribution in [0.4, 0.5) is 0 Å². The van der Waals surface area contributed by atoms with Crippen LogP contribution in [-0.4, -0.2) is 40.0 Å². The molecule has 6 nitrogen and oxygen atoms in total. The van der Waals surface area contributed by atoms with E-state index in [1.54, 1.807) is 18.3 Å².